The van der Waals surface area contributed by atoms with E-state index in [1.165, 1.54) is 24.0 Å². The Labute approximate surface area is 189 Å². The summed E-state index contributed by atoms with van der Waals surface area (Å²) in [5.41, 5.74) is 4.69. The van der Waals surface area contributed by atoms with Crippen molar-refractivity contribution in [1.82, 2.24) is 4.98 Å². The molecule has 6 nitrogen and oxygen atoms in total. The molecule has 0 spiro atoms. The number of nitrogens with one attached hydrogen (secondary N) is 1. The van der Waals surface area contributed by atoms with Crippen molar-refractivity contribution in [2.45, 2.75) is 45.2 Å². The van der Waals surface area contributed by atoms with Crippen LogP contribution in [-0.4, -0.2) is 37.3 Å². The number of nitrogens with zero attached hydrogens (tertiary/aromatic N) is 2. The maximum atomic E-state index is 12.8. The van der Waals surface area contributed by atoms with Crippen LogP contribution < -0.4 is 15.0 Å². The van der Waals surface area contributed by atoms with Crippen molar-refractivity contribution in [3.05, 3.63) is 53.6 Å². The van der Waals surface area contributed by atoms with Crippen LogP contribution in [0.15, 0.2) is 42.5 Å². The smallest absolute Gasteiger partial charge is 0.224 e. The molecule has 1 N–H and O–H groups in total. The zero-order valence-electron chi connectivity index (χ0n) is 19.0. The summed E-state index contributed by atoms with van der Waals surface area (Å²) >= 11 is 0. The fraction of sp³-hybridized carbons (Fsp3) is 0.462. The van der Waals surface area contributed by atoms with Crippen molar-refractivity contribution in [2.24, 2.45) is 11.8 Å². The lowest BCUT2D eigenvalue weighted by Crippen LogP contribution is -2.51. The first-order chi connectivity index (χ1) is 15.6. The van der Waals surface area contributed by atoms with Crippen molar-refractivity contribution in [3.8, 4) is 5.88 Å². The highest BCUT2D eigenvalue weighted by atomic mass is 16.5. The van der Waals surface area contributed by atoms with Crippen LogP contribution in [0.25, 0.3) is 5.57 Å². The number of rotatable bonds is 5. The first-order valence-electron chi connectivity index (χ1n) is 11.6. The van der Waals surface area contributed by atoms with Crippen LogP contribution in [0.4, 0.5) is 11.5 Å². The van der Waals surface area contributed by atoms with Gasteiger partial charge in [-0.25, -0.2) is 0 Å². The van der Waals surface area contributed by atoms with Crippen molar-refractivity contribution < 1.29 is 14.3 Å². The molecule has 2 aromatic rings. The Hall–Kier alpha value is -2.86. The largest absolute Gasteiger partial charge is 0.481 e. The minimum absolute atomic E-state index is 0.0474. The lowest BCUT2D eigenvalue weighted by atomic mass is 9.79. The third-order valence-electron chi connectivity index (χ3n) is 7.00. The van der Waals surface area contributed by atoms with E-state index in [1.54, 1.807) is 14.0 Å². The Balaban J connectivity index is 1.60. The number of anilines is 2. The quantitative estimate of drug-likeness (QED) is 0.732. The summed E-state index contributed by atoms with van der Waals surface area (Å²) in [6, 6.07) is 12.6. The number of pyridine rings is 1. The second kappa shape index (κ2) is 8.58. The Morgan fingerprint density at radius 3 is 2.78 bits per heavy atom. The molecule has 3 atom stereocenters. The molecule has 1 aliphatic carbocycles. The normalized spacial score (nSPS) is 25.0. The summed E-state index contributed by atoms with van der Waals surface area (Å²) in [5.74, 6) is 2.29. The standard InChI is InChI=1S/C26H31N3O3/c1-16-25(28-23-5-4-6-24(27-23)31-3)21-15-20(18-11-13-32-14-12-18)9-10-22(21)29(17(2)30)26(16)19-7-8-19/h4-6,9-11,15-16,19,25-26H,7-8,12-14H2,1-3H3,(H,27,28)/t16-,25?,26?/m1/s1. The highest BCUT2D eigenvalue weighted by Gasteiger charge is 2.47. The van der Waals surface area contributed by atoms with Gasteiger partial charge in [0.1, 0.15) is 5.82 Å². The average molecular weight is 434 g/mol. The van der Waals surface area contributed by atoms with Gasteiger partial charge in [-0.3, -0.25) is 4.79 Å². The minimum Gasteiger partial charge on any atom is -0.481 e. The fourth-order valence-electron chi connectivity index (χ4n) is 5.32. The third-order valence-corrected chi connectivity index (χ3v) is 7.00. The van der Waals surface area contributed by atoms with Crippen molar-refractivity contribution >= 4 is 23.0 Å². The first kappa shape index (κ1) is 21.0. The van der Waals surface area contributed by atoms with Gasteiger partial charge >= 0.3 is 0 Å². The monoisotopic (exact) mass is 433 g/mol. The van der Waals surface area contributed by atoms with Crippen molar-refractivity contribution in [2.75, 3.05) is 30.5 Å². The van der Waals surface area contributed by atoms with E-state index < -0.39 is 0 Å². The van der Waals surface area contributed by atoms with Crippen molar-refractivity contribution in [1.29, 1.82) is 0 Å². The summed E-state index contributed by atoms with van der Waals surface area (Å²) in [5, 5.41) is 3.69. The highest BCUT2D eigenvalue weighted by Crippen LogP contribution is 2.50. The van der Waals surface area contributed by atoms with Gasteiger partial charge in [0.25, 0.3) is 0 Å². The van der Waals surface area contributed by atoms with E-state index in [0.29, 0.717) is 18.4 Å². The average Bonchev–Trinajstić information content (AvgIpc) is 3.66. The molecule has 168 valence electrons. The van der Waals surface area contributed by atoms with Crippen LogP contribution in [0.3, 0.4) is 0 Å². The molecule has 0 saturated heterocycles. The van der Waals surface area contributed by atoms with Gasteiger partial charge in [0.15, 0.2) is 0 Å². The molecule has 3 heterocycles. The molecule has 1 saturated carbocycles. The molecule has 2 unspecified atom stereocenters. The van der Waals surface area contributed by atoms with Gasteiger partial charge in [0.2, 0.25) is 11.8 Å². The number of carbonyl (C=O) groups is 1. The van der Waals surface area contributed by atoms with Gasteiger partial charge in [0, 0.05) is 30.6 Å². The number of benzene rings is 1. The van der Waals surface area contributed by atoms with E-state index in [2.05, 4.69) is 46.4 Å². The second-order valence-electron chi connectivity index (χ2n) is 9.09. The first-order valence-corrected chi connectivity index (χ1v) is 11.6. The summed E-state index contributed by atoms with van der Waals surface area (Å²) in [6.45, 7) is 5.36. The number of aromatic nitrogens is 1. The number of methoxy groups -OCH3 is 1. The van der Waals surface area contributed by atoms with Crippen LogP contribution in [0.5, 0.6) is 5.88 Å². The zero-order chi connectivity index (χ0) is 22.2. The molecule has 1 fully saturated rings. The van der Waals surface area contributed by atoms with Crippen LogP contribution in [-0.2, 0) is 9.53 Å². The zero-order valence-corrected chi connectivity index (χ0v) is 19.0. The van der Waals surface area contributed by atoms with E-state index in [0.717, 1.165) is 30.1 Å². The van der Waals surface area contributed by atoms with Gasteiger partial charge in [-0.05, 0) is 60.1 Å². The number of amides is 1. The Morgan fingerprint density at radius 2 is 2.09 bits per heavy atom. The third kappa shape index (κ3) is 3.88. The fourth-order valence-corrected chi connectivity index (χ4v) is 5.32. The van der Waals surface area contributed by atoms with E-state index in [9.17, 15) is 4.79 Å². The summed E-state index contributed by atoms with van der Waals surface area (Å²) in [7, 11) is 1.63. The summed E-state index contributed by atoms with van der Waals surface area (Å²) in [6.07, 6.45) is 5.44. The number of ether oxygens (including phenoxy) is 2. The molecular formula is C26H31N3O3. The number of hydrogen-bond acceptors (Lipinski definition) is 5. The minimum atomic E-state index is 0.0474. The molecule has 3 aliphatic rings. The van der Waals surface area contributed by atoms with E-state index in [-0.39, 0.29) is 23.9 Å². The SMILES string of the molecule is COc1cccc(NC2c3cc(C4=CCOCC4)ccc3N(C(C)=O)C(C3CC3)[C@@H]2C)n1. The van der Waals surface area contributed by atoms with Crippen molar-refractivity contribution in [3.63, 3.8) is 0 Å². The summed E-state index contributed by atoms with van der Waals surface area (Å²) in [4.78, 5) is 19.5. The number of carbonyl (C=O) groups excluding carboxylic acids is 1. The maximum Gasteiger partial charge on any atom is 0.224 e. The predicted octanol–water partition coefficient (Wildman–Crippen LogP) is 4.83. The Morgan fingerprint density at radius 1 is 1.25 bits per heavy atom. The highest BCUT2D eigenvalue weighted by molar-refractivity contribution is 5.94. The maximum absolute atomic E-state index is 12.8. The molecule has 1 aromatic carbocycles. The Bertz CT molecular complexity index is 1050. The molecule has 5 rings (SSSR count). The second-order valence-corrected chi connectivity index (χ2v) is 9.09. The Kier molecular flexibility index (Phi) is 5.64. The molecule has 32 heavy (non-hydrogen) atoms. The van der Waals surface area contributed by atoms with Crippen LogP contribution in [0.1, 0.15) is 50.3 Å². The molecular weight excluding hydrogens is 402 g/mol. The molecule has 6 heteroatoms. The molecule has 1 aromatic heterocycles. The van der Waals surface area contributed by atoms with E-state index in [1.807, 2.05) is 18.2 Å². The summed E-state index contributed by atoms with van der Waals surface area (Å²) < 4.78 is 10.8. The number of fused-ring (bicyclic) bond motifs is 1. The molecule has 1 amide bonds. The van der Waals surface area contributed by atoms with Gasteiger partial charge in [-0.1, -0.05) is 25.1 Å². The number of hydrogen-bond donors (Lipinski definition) is 1. The lowest BCUT2D eigenvalue weighted by Gasteiger charge is -2.46. The molecule has 2 aliphatic heterocycles. The van der Waals surface area contributed by atoms with Crippen LogP contribution in [0.2, 0.25) is 0 Å². The van der Waals surface area contributed by atoms with Crippen LogP contribution >= 0.6 is 0 Å². The van der Waals surface area contributed by atoms with E-state index >= 15 is 0 Å². The van der Waals surface area contributed by atoms with Gasteiger partial charge in [-0.15, -0.1) is 0 Å². The van der Waals surface area contributed by atoms with Crippen LogP contribution in [0, 0.1) is 11.8 Å². The van der Waals surface area contributed by atoms with E-state index in [4.69, 9.17) is 9.47 Å². The van der Waals surface area contributed by atoms with Gasteiger partial charge in [0.05, 0.1) is 26.4 Å². The molecule has 0 bridgehead atoms. The molecule has 0 radical (unpaired) electrons. The predicted molar refractivity (Wildman–Crippen MR) is 126 cm³/mol. The van der Waals surface area contributed by atoms with Gasteiger partial charge in [-0.2, -0.15) is 4.98 Å². The van der Waals surface area contributed by atoms with Gasteiger partial charge < -0.3 is 19.7 Å². The topological polar surface area (TPSA) is 63.7 Å². The lowest BCUT2D eigenvalue weighted by molar-refractivity contribution is -0.117.